The molecule has 0 unspecified atom stereocenters. The fourth-order valence-corrected chi connectivity index (χ4v) is 3.21. The molecule has 0 aromatic heterocycles. The lowest BCUT2D eigenvalue weighted by Crippen LogP contribution is -2.30. The highest BCUT2D eigenvalue weighted by Gasteiger charge is 2.35. The molecule has 3 N–H and O–H groups in total. The van der Waals surface area contributed by atoms with Crippen LogP contribution in [-0.4, -0.2) is 17.1 Å². The van der Waals surface area contributed by atoms with Crippen molar-refractivity contribution >= 4 is 11.6 Å². The number of nitrogens with one attached hydrogen (secondary N) is 1. The van der Waals surface area contributed by atoms with Crippen LogP contribution in [0.4, 0.5) is 5.69 Å². The van der Waals surface area contributed by atoms with Gasteiger partial charge in [0, 0.05) is 6.42 Å². The number of hydrogen-bond donors (Lipinski definition) is 2. The third-order valence-electron chi connectivity index (χ3n) is 4.09. The van der Waals surface area contributed by atoms with Crippen molar-refractivity contribution in [3.63, 3.8) is 0 Å². The molecule has 94 valence electrons. The molecule has 2 aromatic rings. The maximum atomic E-state index is 6.16. The second-order valence-electron chi connectivity index (χ2n) is 5.16. The Morgan fingerprint density at radius 2 is 1.74 bits per heavy atom. The molecule has 0 bridgehead atoms. The quantitative estimate of drug-likeness (QED) is 0.701. The summed E-state index contributed by atoms with van der Waals surface area (Å²) in [5.74, 6) is 0.758. The first kappa shape index (κ1) is 10.6. The number of para-hydroxylation sites is 1. The zero-order chi connectivity index (χ0) is 12.8. The number of benzene rings is 2. The zero-order valence-corrected chi connectivity index (χ0v) is 10.6. The summed E-state index contributed by atoms with van der Waals surface area (Å²) in [5, 5.41) is 3.29. The summed E-state index contributed by atoms with van der Waals surface area (Å²) >= 11 is 0. The number of fused-ring (bicyclic) bond motifs is 5. The van der Waals surface area contributed by atoms with Crippen molar-refractivity contribution in [2.45, 2.75) is 12.5 Å². The Kier molecular flexibility index (Phi) is 2.15. The third-order valence-corrected chi connectivity index (χ3v) is 4.09. The van der Waals surface area contributed by atoms with Crippen molar-refractivity contribution in [1.82, 2.24) is 5.32 Å². The van der Waals surface area contributed by atoms with Crippen LogP contribution in [0.25, 0.3) is 0 Å². The van der Waals surface area contributed by atoms with Gasteiger partial charge in [0.1, 0.15) is 18.3 Å². The van der Waals surface area contributed by atoms with Gasteiger partial charge in [-0.3, -0.25) is 11.1 Å². The van der Waals surface area contributed by atoms with Crippen molar-refractivity contribution in [3.05, 3.63) is 65.2 Å². The topological polar surface area (TPSA) is 41.1 Å². The molecular formula is C16H16N3+. The molecule has 19 heavy (non-hydrogen) atoms. The Labute approximate surface area is 112 Å². The molecule has 3 heteroatoms. The summed E-state index contributed by atoms with van der Waals surface area (Å²) in [4.78, 5) is 0. The highest BCUT2D eigenvalue weighted by atomic mass is 15.3. The van der Waals surface area contributed by atoms with Crippen LogP contribution >= 0.6 is 0 Å². The molecule has 0 aliphatic carbocycles. The van der Waals surface area contributed by atoms with E-state index < -0.39 is 0 Å². The van der Waals surface area contributed by atoms with Gasteiger partial charge in [-0.2, -0.15) is 0 Å². The van der Waals surface area contributed by atoms with Crippen molar-refractivity contribution in [2.75, 3.05) is 6.54 Å². The van der Waals surface area contributed by atoms with E-state index in [1.54, 1.807) is 0 Å². The van der Waals surface area contributed by atoms with E-state index >= 15 is 0 Å². The van der Waals surface area contributed by atoms with E-state index in [0.717, 1.165) is 18.9 Å². The highest BCUT2D eigenvalue weighted by Crippen LogP contribution is 2.36. The second-order valence-corrected chi connectivity index (χ2v) is 5.16. The minimum absolute atomic E-state index is 0.305. The first-order chi connectivity index (χ1) is 9.34. The van der Waals surface area contributed by atoms with Gasteiger partial charge in [0.2, 0.25) is 0 Å². The lowest BCUT2D eigenvalue weighted by molar-refractivity contribution is -0.479. The average molecular weight is 250 g/mol. The minimum Gasteiger partial charge on any atom is -0.290 e. The molecule has 0 fully saturated rings. The lowest BCUT2D eigenvalue weighted by Gasteiger charge is -2.13. The molecule has 2 aliphatic rings. The van der Waals surface area contributed by atoms with Crippen LogP contribution in [0.5, 0.6) is 0 Å². The molecule has 4 rings (SSSR count). The first-order valence-electron chi connectivity index (χ1n) is 6.66. The van der Waals surface area contributed by atoms with E-state index in [4.69, 9.17) is 5.73 Å². The molecule has 2 heterocycles. The predicted molar refractivity (Wildman–Crippen MR) is 75.5 cm³/mol. The zero-order valence-electron chi connectivity index (χ0n) is 10.6. The first-order valence-corrected chi connectivity index (χ1v) is 6.66. The van der Waals surface area contributed by atoms with Crippen molar-refractivity contribution in [2.24, 2.45) is 5.73 Å². The molecule has 1 atom stereocenters. The molecule has 2 aliphatic heterocycles. The number of nitrogens with zero attached hydrogens (tertiary/aromatic N) is 1. The van der Waals surface area contributed by atoms with Gasteiger partial charge in [0.15, 0.2) is 0 Å². The van der Waals surface area contributed by atoms with E-state index in [-0.39, 0.29) is 0 Å². The van der Waals surface area contributed by atoms with Crippen LogP contribution in [0.1, 0.15) is 22.7 Å². The van der Waals surface area contributed by atoms with Gasteiger partial charge in [-0.15, -0.1) is 0 Å². The van der Waals surface area contributed by atoms with Gasteiger partial charge < -0.3 is 0 Å². The van der Waals surface area contributed by atoms with E-state index in [1.807, 2.05) is 0 Å². The SMILES string of the molecule is NC1=[N+]2c3ccccc3Cc3ccccc3[C@H]2CN1. The molecule has 0 saturated carbocycles. The van der Waals surface area contributed by atoms with Crippen molar-refractivity contribution in [1.29, 1.82) is 0 Å². The van der Waals surface area contributed by atoms with Gasteiger partial charge in [0.25, 0.3) is 0 Å². The van der Waals surface area contributed by atoms with Crippen molar-refractivity contribution in [3.8, 4) is 0 Å². The molecule has 0 saturated heterocycles. The number of hydrogen-bond acceptors (Lipinski definition) is 2. The lowest BCUT2D eigenvalue weighted by atomic mass is 9.97. The van der Waals surface area contributed by atoms with E-state index in [2.05, 4.69) is 58.4 Å². The smallest absolute Gasteiger partial charge is 0.290 e. The highest BCUT2D eigenvalue weighted by molar-refractivity contribution is 5.76. The normalized spacial score (nSPS) is 20.1. The minimum atomic E-state index is 0.305. The van der Waals surface area contributed by atoms with Crippen molar-refractivity contribution < 1.29 is 4.58 Å². The fraction of sp³-hybridized carbons (Fsp3) is 0.188. The van der Waals surface area contributed by atoms with Gasteiger partial charge in [0.05, 0.1) is 0 Å². The summed E-state index contributed by atoms with van der Waals surface area (Å²) in [6.45, 7) is 0.872. The largest absolute Gasteiger partial charge is 0.349 e. The summed E-state index contributed by atoms with van der Waals surface area (Å²) < 4.78 is 2.24. The summed E-state index contributed by atoms with van der Waals surface area (Å²) in [5.41, 5.74) is 11.5. The van der Waals surface area contributed by atoms with Gasteiger partial charge >= 0.3 is 5.96 Å². The fourth-order valence-electron chi connectivity index (χ4n) is 3.21. The van der Waals surface area contributed by atoms with Crippen LogP contribution < -0.4 is 11.1 Å². The predicted octanol–water partition coefficient (Wildman–Crippen LogP) is 1.89. The van der Waals surface area contributed by atoms with Crippen LogP contribution in [0.2, 0.25) is 0 Å². The summed E-state index contributed by atoms with van der Waals surface area (Å²) in [6.07, 6.45) is 0.979. The Morgan fingerprint density at radius 3 is 2.63 bits per heavy atom. The van der Waals surface area contributed by atoms with Crippen LogP contribution in [0.3, 0.4) is 0 Å². The number of guanidine groups is 1. The molecular weight excluding hydrogens is 234 g/mol. The maximum absolute atomic E-state index is 6.16. The number of rotatable bonds is 0. The molecule has 3 nitrogen and oxygen atoms in total. The molecule has 2 aromatic carbocycles. The van der Waals surface area contributed by atoms with Gasteiger partial charge in [-0.25, -0.2) is 4.58 Å². The van der Waals surface area contributed by atoms with E-state index in [1.165, 1.54) is 22.4 Å². The standard InChI is InChI=1S/C16H15N3/c17-16-18-10-15-13-7-3-1-5-11(13)9-12-6-2-4-8-14(12)19(15)16/h1-8,15H,9-10H2,(H2,17,18)/p+1/t15-/m1/s1. The van der Waals surface area contributed by atoms with Crippen LogP contribution in [-0.2, 0) is 6.42 Å². The summed E-state index contributed by atoms with van der Waals surface area (Å²) in [6, 6.07) is 17.5. The Balaban J connectivity index is 2.03. The van der Waals surface area contributed by atoms with Gasteiger partial charge in [-0.1, -0.05) is 42.5 Å². The number of nitrogens with two attached hydrogens (primary N) is 1. The molecule has 0 radical (unpaired) electrons. The Morgan fingerprint density at radius 1 is 1.00 bits per heavy atom. The van der Waals surface area contributed by atoms with Gasteiger partial charge in [-0.05, 0) is 22.8 Å². The summed E-state index contributed by atoms with van der Waals surface area (Å²) in [7, 11) is 0. The van der Waals surface area contributed by atoms with E-state index in [9.17, 15) is 0 Å². The average Bonchev–Trinajstić information content (AvgIpc) is 2.75. The van der Waals surface area contributed by atoms with Crippen LogP contribution in [0.15, 0.2) is 48.5 Å². The van der Waals surface area contributed by atoms with E-state index in [0.29, 0.717) is 6.04 Å². The Bertz CT molecular complexity index is 688. The molecule has 0 amide bonds. The maximum Gasteiger partial charge on any atom is 0.349 e. The molecule has 0 spiro atoms. The monoisotopic (exact) mass is 250 g/mol. The van der Waals surface area contributed by atoms with Crippen LogP contribution in [0, 0.1) is 0 Å². The third kappa shape index (κ3) is 1.48. The Hall–Kier alpha value is -2.29. The second kappa shape index (κ2) is 3.85.